The van der Waals surface area contributed by atoms with Crippen molar-refractivity contribution in [1.82, 2.24) is 14.6 Å². The molecule has 0 saturated heterocycles. The van der Waals surface area contributed by atoms with Gasteiger partial charge in [-0.15, -0.1) is 0 Å². The third-order valence-corrected chi connectivity index (χ3v) is 3.67. The molecule has 21 heavy (non-hydrogen) atoms. The van der Waals surface area contributed by atoms with Crippen LogP contribution in [0.2, 0.25) is 0 Å². The Morgan fingerprint density at radius 3 is 2.57 bits per heavy atom. The molecule has 1 atom stereocenters. The second kappa shape index (κ2) is 5.36. The number of pyridine rings is 1. The number of amides is 1. The van der Waals surface area contributed by atoms with E-state index in [0.29, 0.717) is 6.42 Å². The third kappa shape index (κ3) is 2.50. The van der Waals surface area contributed by atoms with E-state index < -0.39 is 0 Å². The standard InChI is InChI=1S/C16H16N4O/c1-2-14(16(17)21)12-5-3-11(4-6-12)13-7-8-15-18-10-19-20(15)9-13/h3-10,14H,2H2,1H3,(H2,17,21)/t14-/m0/s1. The summed E-state index contributed by atoms with van der Waals surface area (Å²) in [7, 11) is 0. The number of hydrogen-bond donors (Lipinski definition) is 1. The van der Waals surface area contributed by atoms with E-state index in [9.17, 15) is 4.79 Å². The van der Waals surface area contributed by atoms with E-state index in [-0.39, 0.29) is 11.8 Å². The van der Waals surface area contributed by atoms with Crippen molar-refractivity contribution >= 4 is 11.6 Å². The first-order valence-electron chi connectivity index (χ1n) is 6.88. The molecule has 0 aliphatic carbocycles. The molecule has 3 aromatic rings. The highest BCUT2D eigenvalue weighted by atomic mass is 16.1. The van der Waals surface area contributed by atoms with Crippen molar-refractivity contribution in [3.8, 4) is 11.1 Å². The van der Waals surface area contributed by atoms with E-state index in [0.717, 1.165) is 22.3 Å². The van der Waals surface area contributed by atoms with Crippen LogP contribution < -0.4 is 5.73 Å². The van der Waals surface area contributed by atoms with Crippen LogP contribution in [0.3, 0.4) is 0 Å². The lowest BCUT2D eigenvalue weighted by Gasteiger charge is -2.12. The summed E-state index contributed by atoms with van der Waals surface area (Å²) in [6.45, 7) is 1.96. The number of nitrogens with two attached hydrogens (primary N) is 1. The Kier molecular flexibility index (Phi) is 3.39. The van der Waals surface area contributed by atoms with Gasteiger partial charge in [0.15, 0.2) is 5.65 Å². The molecule has 0 fully saturated rings. The van der Waals surface area contributed by atoms with E-state index in [1.54, 1.807) is 4.52 Å². The Hall–Kier alpha value is -2.69. The lowest BCUT2D eigenvalue weighted by Crippen LogP contribution is -2.20. The first-order chi connectivity index (χ1) is 10.2. The van der Waals surface area contributed by atoms with Crippen molar-refractivity contribution in [1.29, 1.82) is 0 Å². The van der Waals surface area contributed by atoms with E-state index in [2.05, 4.69) is 10.1 Å². The molecule has 106 valence electrons. The predicted octanol–water partition coefficient (Wildman–Crippen LogP) is 2.38. The molecule has 0 unspecified atom stereocenters. The van der Waals surface area contributed by atoms with Gasteiger partial charge in [-0.3, -0.25) is 4.79 Å². The molecular weight excluding hydrogens is 264 g/mol. The summed E-state index contributed by atoms with van der Waals surface area (Å²) in [5, 5.41) is 4.13. The smallest absolute Gasteiger partial charge is 0.224 e. The second-order valence-corrected chi connectivity index (χ2v) is 4.97. The Morgan fingerprint density at radius 2 is 1.90 bits per heavy atom. The number of rotatable bonds is 4. The molecular formula is C16H16N4O. The normalized spacial score (nSPS) is 12.4. The van der Waals surface area contributed by atoms with Crippen molar-refractivity contribution in [2.75, 3.05) is 0 Å². The zero-order valence-corrected chi connectivity index (χ0v) is 11.7. The SMILES string of the molecule is CC[C@H](C(N)=O)c1ccc(-c2ccc3ncnn3c2)cc1. The lowest BCUT2D eigenvalue weighted by molar-refractivity contribution is -0.119. The van der Waals surface area contributed by atoms with Crippen LogP contribution in [-0.2, 0) is 4.79 Å². The Morgan fingerprint density at radius 1 is 1.19 bits per heavy atom. The fraction of sp³-hybridized carbons (Fsp3) is 0.188. The number of carbonyl (C=O) groups excluding carboxylic acids is 1. The minimum Gasteiger partial charge on any atom is -0.369 e. The summed E-state index contributed by atoms with van der Waals surface area (Å²) >= 11 is 0. The molecule has 5 nitrogen and oxygen atoms in total. The highest BCUT2D eigenvalue weighted by molar-refractivity contribution is 5.82. The van der Waals surface area contributed by atoms with Gasteiger partial charge >= 0.3 is 0 Å². The average Bonchev–Trinajstić information content (AvgIpc) is 2.95. The van der Waals surface area contributed by atoms with Crippen LogP contribution in [0.5, 0.6) is 0 Å². The van der Waals surface area contributed by atoms with E-state index in [1.807, 2.05) is 49.5 Å². The van der Waals surface area contributed by atoms with Crippen molar-refractivity contribution in [2.45, 2.75) is 19.3 Å². The van der Waals surface area contributed by atoms with Gasteiger partial charge in [-0.25, -0.2) is 9.50 Å². The number of benzene rings is 1. The third-order valence-electron chi connectivity index (χ3n) is 3.67. The van der Waals surface area contributed by atoms with Crippen LogP contribution in [0.4, 0.5) is 0 Å². The number of fused-ring (bicyclic) bond motifs is 1. The van der Waals surface area contributed by atoms with Crippen molar-refractivity contribution in [3.05, 3.63) is 54.5 Å². The summed E-state index contributed by atoms with van der Waals surface area (Å²) in [5.41, 5.74) is 9.30. The van der Waals surface area contributed by atoms with Gasteiger partial charge in [0, 0.05) is 11.8 Å². The Labute approximate surface area is 122 Å². The molecule has 1 aromatic carbocycles. The molecule has 2 aromatic heterocycles. The number of carbonyl (C=O) groups is 1. The van der Waals surface area contributed by atoms with Crippen LogP contribution in [0, 0.1) is 0 Å². The minimum atomic E-state index is -0.283. The second-order valence-electron chi connectivity index (χ2n) is 4.97. The van der Waals surface area contributed by atoms with Gasteiger partial charge in [-0.05, 0) is 29.7 Å². The molecule has 2 N–H and O–H groups in total. The number of primary amides is 1. The Bertz CT molecular complexity index is 776. The van der Waals surface area contributed by atoms with Gasteiger partial charge in [0.2, 0.25) is 5.91 Å². The van der Waals surface area contributed by atoms with Crippen LogP contribution >= 0.6 is 0 Å². The molecule has 0 saturated carbocycles. The molecule has 2 heterocycles. The maximum atomic E-state index is 11.4. The zero-order chi connectivity index (χ0) is 14.8. The fourth-order valence-corrected chi connectivity index (χ4v) is 2.50. The first kappa shape index (κ1) is 13.3. The van der Waals surface area contributed by atoms with Crippen LogP contribution in [0.1, 0.15) is 24.8 Å². The predicted molar refractivity (Wildman–Crippen MR) is 80.6 cm³/mol. The van der Waals surface area contributed by atoms with E-state index >= 15 is 0 Å². The quantitative estimate of drug-likeness (QED) is 0.797. The largest absolute Gasteiger partial charge is 0.369 e. The van der Waals surface area contributed by atoms with Crippen molar-refractivity contribution in [2.24, 2.45) is 5.73 Å². The zero-order valence-electron chi connectivity index (χ0n) is 11.7. The van der Waals surface area contributed by atoms with Gasteiger partial charge in [-0.2, -0.15) is 5.10 Å². The number of hydrogen-bond acceptors (Lipinski definition) is 3. The number of nitrogens with zero attached hydrogens (tertiary/aromatic N) is 3. The lowest BCUT2D eigenvalue weighted by atomic mass is 9.94. The number of aromatic nitrogens is 3. The highest BCUT2D eigenvalue weighted by Gasteiger charge is 2.15. The maximum Gasteiger partial charge on any atom is 0.224 e. The molecule has 0 aliphatic rings. The molecule has 0 spiro atoms. The summed E-state index contributed by atoms with van der Waals surface area (Å²) in [5.74, 6) is -0.508. The molecule has 3 rings (SSSR count). The Balaban J connectivity index is 1.94. The van der Waals surface area contributed by atoms with E-state index in [1.165, 1.54) is 6.33 Å². The van der Waals surface area contributed by atoms with Gasteiger partial charge in [0.05, 0.1) is 5.92 Å². The topological polar surface area (TPSA) is 73.3 Å². The van der Waals surface area contributed by atoms with Crippen LogP contribution in [0.25, 0.3) is 16.8 Å². The van der Waals surface area contributed by atoms with Crippen molar-refractivity contribution in [3.63, 3.8) is 0 Å². The van der Waals surface area contributed by atoms with Crippen LogP contribution in [-0.4, -0.2) is 20.5 Å². The molecule has 1 amide bonds. The summed E-state index contributed by atoms with van der Waals surface area (Å²) < 4.78 is 1.74. The van der Waals surface area contributed by atoms with Crippen LogP contribution in [0.15, 0.2) is 48.9 Å². The van der Waals surface area contributed by atoms with Gasteiger partial charge < -0.3 is 5.73 Å². The highest BCUT2D eigenvalue weighted by Crippen LogP contribution is 2.24. The average molecular weight is 280 g/mol. The summed E-state index contributed by atoms with van der Waals surface area (Å²) in [6, 6.07) is 11.8. The first-order valence-corrected chi connectivity index (χ1v) is 6.88. The molecule has 0 radical (unpaired) electrons. The summed E-state index contributed by atoms with van der Waals surface area (Å²) in [4.78, 5) is 15.5. The van der Waals surface area contributed by atoms with Crippen molar-refractivity contribution < 1.29 is 4.79 Å². The van der Waals surface area contributed by atoms with E-state index in [4.69, 9.17) is 5.73 Å². The fourth-order valence-electron chi connectivity index (χ4n) is 2.50. The molecule has 0 aliphatic heterocycles. The minimum absolute atomic E-state index is 0.225. The molecule has 0 bridgehead atoms. The maximum absolute atomic E-state index is 11.4. The monoisotopic (exact) mass is 280 g/mol. The summed E-state index contributed by atoms with van der Waals surface area (Å²) in [6.07, 6.45) is 4.17. The van der Waals surface area contributed by atoms with Gasteiger partial charge in [0.25, 0.3) is 0 Å². The van der Waals surface area contributed by atoms with Gasteiger partial charge in [0.1, 0.15) is 6.33 Å². The molecule has 5 heteroatoms. The van der Waals surface area contributed by atoms with Gasteiger partial charge in [-0.1, -0.05) is 31.2 Å².